The number of nitrogens with one attached hydrogen (secondary N) is 1. The Hall–Kier alpha value is -1.77. The van der Waals surface area contributed by atoms with Gasteiger partial charge in [-0.2, -0.15) is 5.26 Å². The van der Waals surface area contributed by atoms with Crippen LogP contribution in [0.3, 0.4) is 0 Å². The molecule has 0 spiro atoms. The van der Waals surface area contributed by atoms with Crippen molar-refractivity contribution in [1.82, 2.24) is 0 Å². The molecule has 1 amide bonds. The van der Waals surface area contributed by atoms with Crippen LogP contribution in [-0.2, 0) is 4.79 Å². The highest BCUT2D eigenvalue weighted by Gasteiger charge is 2.15. The van der Waals surface area contributed by atoms with E-state index in [4.69, 9.17) is 40.1 Å². The van der Waals surface area contributed by atoms with Crippen molar-refractivity contribution >= 4 is 46.4 Å². The highest BCUT2D eigenvalue weighted by Crippen LogP contribution is 2.24. The molecule has 2 aromatic carbocycles. The van der Waals surface area contributed by atoms with Gasteiger partial charge in [0, 0.05) is 15.6 Å². The van der Waals surface area contributed by atoms with Crippen molar-refractivity contribution in [2.45, 2.75) is 13.0 Å². The molecule has 124 valence electrons. The van der Waals surface area contributed by atoms with Gasteiger partial charge in [0.1, 0.15) is 12.1 Å². The maximum absolute atomic E-state index is 12.1. The van der Waals surface area contributed by atoms with Gasteiger partial charge in [-0.15, -0.1) is 0 Å². The number of halogens is 3. The average Bonchev–Trinajstić information content (AvgIpc) is 2.53. The first-order valence-electron chi connectivity index (χ1n) is 7.18. The molecule has 0 fully saturated rings. The molecule has 0 aliphatic rings. The number of quaternary nitrogens is 1. The van der Waals surface area contributed by atoms with Crippen LogP contribution in [0.2, 0.25) is 15.1 Å². The molecule has 0 aromatic heterocycles. The minimum atomic E-state index is -0.231. The predicted molar refractivity (Wildman–Crippen MR) is 96.5 cm³/mol. The summed E-state index contributed by atoms with van der Waals surface area (Å²) >= 11 is 18.0. The molecular formula is C17H15Cl3N3O+. The number of carbonyl (C=O) groups excluding carboxylic acids is 1. The van der Waals surface area contributed by atoms with Gasteiger partial charge in [0.05, 0.1) is 16.3 Å². The van der Waals surface area contributed by atoms with Gasteiger partial charge >= 0.3 is 0 Å². The van der Waals surface area contributed by atoms with E-state index in [0.29, 0.717) is 26.3 Å². The smallest absolute Gasteiger partial charge is 0.279 e. The Morgan fingerprint density at radius 2 is 1.88 bits per heavy atom. The summed E-state index contributed by atoms with van der Waals surface area (Å²) < 4.78 is 0. The first-order valence-corrected chi connectivity index (χ1v) is 8.32. The number of hydrogen-bond donors (Lipinski definition) is 2. The molecule has 0 bridgehead atoms. The van der Waals surface area contributed by atoms with Crippen LogP contribution in [0.25, 0.3) is 0 Å². The highest BCUT2D eigenvalue weighted by atomic mass is 35.5. The summed E-state index contributed by atoms with van der Waals surface area (Å²) in [4.78, 5) is 12.1. The molecule has 7 heteroatoms. The Kier molecular flexibility index (Phi) is 6.47. The van der Waals surface area contributed by atoms with Crippen molar-refractivity contribution in [3.05, 3.63) is 62.6 Å². The van der Waals surface area contributed by atoms with Gasteiger partial charge in [0.25, 0.3) is 5.91 Å². The zero-order chi connectivity index (χ0) is 17.7. The first-order chi connectivity index (χ1) is 11.4. The van der Waals surface area contributed by atoms with E-state index in [1.165, 1.54) is 0 Å². The van der Waals surface area contributed by atoms with Crippen molar-refractivity contribution in [2.24, 2.45) is 0 Å². The molecule has 24 heavy (non-hydrogen) atoms. The average molecular weight is 384 g/mol. The van der Waals surface area contributed by atoms with Crippen LogP contribution in [0.1, 0.15) is 24.1 Å². The number of rotatable bonds is 5. The third-order valence-corrected chi connectivity index (χ3v) is 4.28. The monoisotopic (exact) mass is 382 g/mol. The standard InChI is InChI=1S/C17H14Cl3N3O/c1-10(14-5-4-12(18)6-15(14)20)22-9-17(24)23-16-7-13(19)3-2-11(16)8-21/h2-7,10,22H,9H2,1H3,(H,23,24)/p+1/t10-/m1/s1. The summed E-state index contributed by atoms with van der Waals surface area (Å²) in [5, 5.41) is 15.2. The van der Waals surface area contributed by atoms with Gasteiger partial charge in [-0.05, 0) is 37.3 Å². The van der Waals surface area contributed by atoms with Gasteiger partial charge in [0.15, 0.2) is 6.54 Å². The Morgan fingerprint density at radius 3 is 2.54 bits per heavy atom. The lowest BCUT2D eigenvalue weighted by molar-refractivity contribution is -0.682. The van der Waals surface area contributed by atoms with Crippen LogP contribution in [-0.4, -0.2) is 12.5 Å². The van der Waals surface area contributed by atoms with Crippen molar-refractivity contribution in [1.29, 1.82) is 5.26 Å². The summed E-state index contributed by atoms with van der Waals surface area (Å²) in [5.41, 5.74) is 1.66. The summed E-state index contributed by atoms with van der Waals surface area (Å²) in [6, 6.07) is 12.0. The van der Waals surface area contributed by atoms with Crippen LogP contribution in [0.15, 0.2) is 36.4 Å². The number of amides is 1. The fraction of sp³-hybridized carbons (Fsp3) is 0.176. The summed E-state index contributed by atoms with van der Waals surface area (Å²) in [6.45, 7) is 2.12. The van der Waals surface area contributed by atoms with E-state index in [-0.39, 0.29) is 18.5 Å². The van der Waals surface area contributed by atoms with E-state index in [2.05, 4.69) is 5.32 Å². The van der Waals surface area contributed by atoms with Gasteiger partial charge in [-0.1, -0.05) is 40.9 Å². The zero-order valence-electron chi connectivity index (χ0n) is 12.8. The topological polar surface area (TPSA) is 69.5 Å². The maximum atomic E-state index is 12.1. The Morgan fingerprint density at radius 1 is 1.21 bits per heavy atom. The van der Waals surface area contributed by atoms with E-state index < -0.39 is 0 Å². The van der Waals surface area contributed by atoms with E-state index in [0.717, 1.165) is 5.56 Å². The summed E-state index contributed by atoms with van der Waals surface area (Å²) in [5.74, 6) is -0.231. The third-order valence-electron chi connectivity index (χ3n) is 3.49. The number of nitrogens with zero attached hydrogens (tertiary/aromatic N) is 1. The molecule has 1 atom stereocenters. The number of nitrogens with two attached hydrogens (primary N) is 1. The Balaban J connectivity index is 1.98. The molecule has 2 rings (SSSR count). The molecular weight excluding hydrogens is 369 g/mol. The summed E-state index contributed by atoms with van der Waals surface area (Å²) in [7, 11) is 0. The minimum Gasteiger partial charge on any atom is -0.332 e. The largest absolute Gasteiger partial charge is 0.332 e. The molecule has 2 aromatic rings. The van der Waals surface area contributed by atoms with Crippen LogP contribution < -0.4 is 10.6 Å². The molecule has 0 radical (unpaired) electrons. The predicted octanol–water partition coefficient (Wildman–Crippen LogP) is 3.78. The molecule has 0 aliphatic heterocycles. The van der Waals surface area contributed by atoms with Crippen LogP contribution >= 0.6 is 34.8 Å². The lowest BCUT2D eigenvalue weighted by atomic mass is 10.1. The molecule has 0 saturated heterocycles. The fourth-order valence-corrected chi connectivity index (χ4v) is 2.95. The van der Waals surface area contributed by atoms with Gasteiger partial charge in [-0.3, -0.25) is 4.79 Å². The van der Waals surface area contributed by atoms with Crippen LogP contribution in [0, 0.1) is 11.3 Å². The number of benzene rings is 2. The van der Waals surface area contributed by atoms with Crippen molar-refractivity contribution in [3.8, 4) is 6.07 Å². The van der Waals surface area contributed by atoms with Crippen molar-refractivity contribution in [3.63, 3.8) is 0 Å². The van der Waals surface area contributed by atoms with E-state index in [9.17, 15) is 4.79 Å². The second-order valence-electron chi connectivity index (χ2n) is 5.24. The number of nitriles is 1. The second-order valence-corrected chi connectivity index (χ2v) is 6.52. The van der Waals surface area contributed by atoms with Crippen LogP contribution in [0.5, 0.6) is 0 Å². The zero-order valence-corrected chi connectivity index (χ0v) is 15.1. The quantitative estimate of drug-likeness (QED) is 0.825. The second kappa shape index (κ2) is 8.36. The lowest BCUT2D eigenvalue weighted by Gasteiger charge is -2.13. The maximum Gasteiger partial charge on any atom is 0.279 e. The Bertz CT molecular complexity index is 802. The molecule has 0 heterocycles. The third kappa shape index (κ3) is 4.86. The molecule has 3 N–H and O–H groups in total. The van der Waals surface area contributed by atoms with Gasteiger partial charge < -0.3 is 10.6 Å². The molecule has 0 saturated carbocycles. The van der Waals surface area contributed by atoms with E-state index in [1.807, 2.05) is 24.4 Å². The molecule has 0 unspecified atom stereocenters. The highest BCUT2D eigenvalue weighted by molar-refractivity contribution is 6.35. The van der Waals surface area contributed by atoms with Gasteiger partial charge in [0.2, 0.25) is 0 Å². The number of hydrogen-bond acceptors (Lipinski definition) is 2. The Labute approximate surface area is 155 Å². The molecule has 0 aliphatic carbocycles. The van der Waals surface area contributed by atoms with Crippen LogP contribution in [0.4, 0.5) is 5.69 Å². The lowest BCUT2D eigenvalue weighted by Crippen LogP contribution is -2.86. The fourth-order valence-electron chi connectivity index (χ4n) is 2.20. The van der Waals surface area contributed by atoms with E-state index in [1.54, 1.807) is 30.3 Å². The summed E-state index contributed by atoms with van der Waals surface area (Å²) in [6.07, 6.45) is 0. The SMILES string of the molecule is C[C@@H]([NH2+]CC(=O)Nc1cc(Cl)ccc1C#N)c1ccc(Cl)cc1Cl. The number of carbonyl (C=O) groups is 1. The van der Waals surface area contributed by atoms with E-state index >= 15 is 0 Å². The normalized spacial score (nSPS) is 11.6. The number of anilines is 1. The van der Waals surface area contributed by atoms with Crippen molar-refractivity contribution in [2.75, 3.05) is 11.9 Å². The van der Waals surface area contributed by atoms with Crippen molar-refractivity contribution < 1.29 is 10.1 Å². The first kappa shape index (κ1) is 18.6. The minimum absolute atomic E-state index is 0.0182. The van der Waals surface area contributed by atoms with Gasteiger partial charge in [-0.25, -0.2) is 0 Å². The molecule has 4 nitrogen and oxygen atoms in total.